The third-order valence-electron chi connectivity index (χ3n) is 2.81. The van der Waals surface area contributed by atoms with Crippen LogP contribution >= 0.6 is 0 Å². The highest BCUT2D eigenvalue weighted by Crippen LogP contribution is 2.17. The molecule has 1 rings (SSSR count). The summed E-state index contributed by atoms with van der Waals surface area (Å²) in [5.41, 5.74) is -0.407. The van der Waals surface area contributed by atoms with Crippen molar-refractivity contribution in [3.05, 3.63) is 0 Å². The highest BCUT2D eigenvalue weighted by Gasteiger charge is 2.16. The van der Waals surface area contributed by atoms with Crippen LogP contribution in [0.3, 0.4) is 0 Å². The van der Waals surface area contributed by atoms with Crippen molar-refractivity contribution in [1.29, 1.82) is 0 Å². The van der Waals surface area contributed by atoms with Gasteiger partial charge in [-0.25, -0.2) is 4.79 Å². The molecule has 1 saturated carbocycles. The number of hydrogen-bond acceptors (Lipinski definition) is 3. The number of hydrogen-bond donors (Lipinski definition) is 2. The van der Waals surface area contributed by atoms with E-state index >= 15 is 0 Å². The monoisotopic (exact) mass is 242 g/mol. The van der Waals surface area contributed by atoms with Gasteiger partial charge in [-0.1, -0.05) is 6.42 Å². The number of carbonyl (C=O) groups is 1. The highest BCUT2D eigenvalue weighted by atomic mass is 16.6. The zero-order valence-electron chi connectivity index (χ0n) is 11.3. The normalized spacial score (nSPS) is 16.4. The molecule has 1 amide bonds. The quantitative estimate of drug-likeness (QED) is 0.703. The van der Waals surface area contributed by atoms with Gasteiger partial charge in [0.05, 0.1) is 0 Å². The Morgan fingerprint density at radius 3 is 2.41 bits per heavy atom. The molecule has 1 aliphatic rings. The number of carbonyl (C=O) groups excluding carboxylic acids is 1. The van der Waals surface area contributed by atoms with Gasteiger partial charge in [0.25, 0.3) is 0 Å². The topological polar surface area (TPSA) is 50.4 Å². The molecular weight excluding hydrogens is 216 g/mol. The fourth-order valence-corrected chi connectivity index (χ4v) is 1.67. The van der Waals surface area contributed by atoms with Crippen LogP contribution in [0.25, 0.3) is 0 Å². The first-order valence-electron chi connectivity index (χ1n) is 6.67. The van der Waals surface area contributed by atoms with Gasteiger partial charge < -0.3 is 15.4 Å². The Balaban J connectivity index is 1.87. The maximum atomic E-state index is 11.3. The van der Waals surface area contributed by atoms with Gasteiger partial charge in [-0.3, -0.25) is 0 Å². The molecule has 0 saturated heterocycles. The van der Waals surface area contributed by atoms with E-state index in [9.17, 15) is 4.79 Å². The van der Waals surface area contributed by atoms with Crippen LogP contribution in [0.4, 0.5) is 4.79 Å². The standard InChI is InChI=1S/C13H26N2O2/c1-13(2,3)17-12(16)15-10-5-4-9-14-11-7-6-8-11/h11,14H,4-10H2,1-3H3,(H,15,16). The number of ether oxygens (including phenoxy) is 1. The number of amides is 1. The van der Waals surface area contributed by atoms with Crippen LogP contribution in [0, 0.1) is 0 Å². The average molecular weight is 242 g/mol. The van der Waals surface area contributed by atoms with Crippen molar-refractivity contribution < 1.29 is 9.53 Å². The van der Waals surface area contributed by atoms with Crippen molar-refractivity contribution in [1.82, 2.24) is 10.6 Å². The summed E-state index contributed by atoms with van der Waals surface area (Å²) >= 11 is 0. The summed E-state index contributed by atoms with van der Waals surface area (Å²) in [5, 5.41) is 6.27. The summed E-state index contributed by atoms with van der Waals surface area (Å²) < 4.78 is 5.14. The van der Waals surface area contributed by atoms with Crippen LogP contribution in [0.1, 0.15) is 52.9 Å². The van der Waals surface area contributed by atoms with Crippen LogP contribution in [0.15, 0.2) is 0 Å². The van der Waals surface area contributed by atoms with E-state index in [4.69, 9.17) is 4.74 Å². The molecule has 0 bridgehead atoms. The van der Waals surface area contributed by atoms with E-state index in [1.165, 1.54) is 19.3 Å². The molecule has 1 aliphatic carbocycles. The molecule has 100 valence electrons. The zero-order chi connectivity index (χ0) is 12.7. The van der Waals surface area contributed by atoms with Crippen LogP contribution in [0.2, 0.25) is 0 Å². The molecule has 0 aromatic carbocycles. The molecule has 0 heterocycles. The Hall–Kier alpha value is -0.770. The van der Waals surface area contributed by atoms with E-state index < -0.39 is 5.60 Å². The van der Waals surface area contributed by atoms with E-state index in [0.717, 1.165) is 25.4 Å². The largest absolute Gasteiger partial charge is 0.444 e. The van der Waals surface area contributed by atoms with Crippen LogP contribution < -0.4 is 10.6 Å². The molecule has 0 aromatic rings. The van der Waals surface area contributed by atoms with Crippen LogP contribution in [-0.4, -0.2) is 30.8 Å². The molecule has 2 N–H and O–H groups in total. The maximum Gasteiger partial charge on any atom is 0.407 e. The minimum absolute atomic E-state index is 0.315. The molecule has 0 radical (unpaired) electrons. The van der Waals surface area contributed by atoms with Gasteiger partial charge in [-0.2, -0.15) is 0 Å². The molecule has 17 heavy (non-hydrogen) atoms. The van der Waals surface area contributed by atoms with Crippen molar-refractivity contribution in [2.75, 3.05) is 13.1 Å². The molecule has 0 aromatic heterocycles. The second-order valence-electron chi connectivity index (χ2n) is 5.72. The van der Waals surface area contributed by atoms with Crippen molar-refractivity contribution in [2.45, 2.75) is 64.5 Å². The number of alkyl carbamates (subject to hydrolysis) is 1. The van der Waals surface area contributed by atoms with E-state index in [1.807, 2.05) is 20.8 Å². The number of rotatable bonds is 6. The predicted octanol–water partition coefficient (Wildman–Crippen LogP) is 2.43. The van der Waals surface area contributed by atoms with E-state index in [2.05, 4.69) is 10.6 Å². The van der Waals surface area contributed by atoms with E-state index in [-0.39, 0.29) is 6.09 Å². The Morgan fingerprint density at radius 1 is 1.24 bits per heavy atom. The van der Waals surface area contributed by atoms with E-state index in [1.54, 1.807) is 0 Å². The van der Waals surface area contributed by atoms with Gasteiger partial charge in [-0.15, -0.1) is 0 Å². The molecule has 1 fully saturated rings. The fraction of sp³-hybridized carbons (Fsp3) is 0.923. The fourth-order valence-electron chi connectivity index (χ4n) is 1.67. The Labute approximate surface area is 104 Å². The first-order chi connectivity index (χ1) is 7.97. The van der Waals surface area contributed by atoms with Gasteiger partial charge in [-0.05, 0) is 53.0 Å². The number of nitrogens with one attached hydrogen (secondary N) is 2. The average Bonchev–Trinajstić information content (AvgIpc) is 2.10. The Kier molecular flexibility index (Phi) is 5.75. The molecule has 0 spiro atoms. The molecule has 4 nitrogen and oxygen atoms in total. The molecular formula is C13H26N2O2. The molecule has 4 heteroatoms. The maximum absolute atomic E-state index is 11.3. The van der Waals surface area contributed by atoms with Gasteiger partial charge in [0.15, 0.2) is 0 Å². The predicted molar refractivity (Wildman–Crippen MR) is 69.1 cm³/mol. The second kappa shape index (κ2) is 6.84. The van der Waals surface area contributed by atoms with Gasteiger partial charge in [0, 0.05) is 12.6 Å². The van der Waals surface area contributed by atoms with Gasteiger partial charge >= 0.3 is 6.09 Å². The Morgan fingerprint density at radius 2 is 1.88 bits per heavy atom. The lowest BCUT2D eigenvalue weighted by atomic mass is 9.93. The van der Waals surface area contributed by atoms with Crippen LogP contribution in [0.5, 0.6) is 0 Å². The van der Waals surface area contributed by atoms with E-state index in [0.29, 0.717) is 6.54 Å². The summed E-state index contributed by atoms with van der Waals surface area (Å²) in [6.45, 7) is 7.36. The summed E-state index contributed by atoms with van der Waals surface area (Å²) in [7, 11) is 0. The third kappa shape index (κ3) is 7.21. The summed E-state index contributed by atoms with van der Waals surface area (Å²) in [6.07, 6.45) is 5.82. The Bertz CT molecular complexity index is 232. The lowest BCUT2D eigenvalue weighted by Crippen LogP contribution is -2.36. The number of unbranched alkanes of at least 4 members (excludes halogenated alkanes) is 1. The molecule has 0 unspecified atom stereocenters. The lowest BCUT2D eigenvalue weighted by molar-refractivity contribution is 0.0527. The van der Waals surface area contributed by atoms with Gasteiger partial charge in [0.2, 0.25) is 0 Å². The minimum Gasteiger partial charge on any atom is -0.444 e. The van der Waals surface area contributed by atoms with Gasteiger partial charge in [0.1, 0.15) is 5.60 Å². The second-order valence-corrected chi connectivity index (χ2v) is 5.72. The molecule has 0 atom stereocenters. The minimum atomic E-state index is -0.407. The van der Waals surface area contributed by atoms with Crippen molar-refractivity contribution in [2.24, 2.45) is 0 Å². The summed E-state index contributed by atoms with van der Waals surface area (Å²) in [4.78, 5) is 11.3. The smallest absolute Gasteiger partial charge is 0.407 e. The first-order valence-corrected chi connectivity index (χ1v) is 6.67. The summed E-state index contributed by atoms with van der Waals surface area (Å²) in [5.74, 6) is 0. The SMILES string of the molecule is CC(C)(C)OC(=O)NCCCCNC1CCC1. The van der Waals surface area contributed by atoms with Crippen molar-refractivity contribution >= 4 is 6.09 Å². The van der Waals surface area contributed by atoms with Crippen molar-refractivity contribution in [3.63, 3.8) is 0 Å². The third-order valence-corrected chi connectivity index (χ3v) is 2.81. The van der Waals surface area contributed by atoms with Crippen molar-refractivity contribution in [3.8, 4) is 0 Å². The first kappa shape index (κ1) is 14.3. The zero-order valence-corrected chi connectivity index (χ0v) is 11.3. The lowest BCUT2D eigenvalue weighted by Gasteiger charge is -2.26. The van der Waals surface area contributed by atoms with Crippen LogP contribution in [-0.2, 0) is 4.74 Å². The highest BCUT2D eigenvalue weighted by molar-refractivity contribution is 5.67. The summed E-state index contributed by atoms with van der Waals surface area (Å²) in [6, 6.07) is 0.758. The molecule has 0 aliphatic heterocycles.